The van der Waals surface area contributed by atoms with Gasteiger partial charge in [0.25, 0.3) is 5.22 Å². The van der Waals surface area contributed by atoms with E-state index in [0.717, 1.165) is 10.6 Å². The Hall–Kier alpha value is -1.55. The van der Waals surface area contributed by atoms with Crippen LogP contribution >= 0.6 is 11.8 Å². The summed E-state index contributed by atoms with van der Waals surface area (Å²) in [5.41, 5.74) is 1.58. The number of aromatic nitrogens is 1. The van der Waals surface area contributed by atoms with Crippen LogP contribution < -0.4 is 0 Å². The van der Waals surface area contributed by atoms with Gasteiger partial charge in [-0.2, -0.15) is 0 Å². The lowest BCUT2D eigenvalue weighted by Gasteiger charge is -1.98. The summed E-state index contributed by atoms with van der Waals surface area (Å²) in [6.45, 7) is 3.44. The van der Waals surface area contributed by atoms with Gasteiger partial charge in [0.15, 0.2) is 5.78 Å². The highest BCUT2D eigenvalue weighted by Crippen LogP contribution is 2.26. The number of ketones is 1. The number of Topliss-reactive ketones (excluding diaryl/α,β-unsaturated/α-hetero) is 1. The highest BCUT2D eigenvalue weighted by molar-refractivity contribution is 7.99. The smallest absolute Gasteiger partial charge is 0.260 e. The number of rotatable bonds is 3. The Balaban J connectivity index is 2.14. The normalized spacial score (nSPS) is 10.4. The standard InChI is InChI=1S/C12H11NO2S/c1-8-7-15-12(13-8)16-11-5-3-10(4-6-11)9(2)14/h3-7H,1-2H3. The van der Waals surface area contributed by atoms with Gasteiger partial charge in [0.05, 0.1) is 5.69 Å². The summed E-state index contributed by atoms with van der Waals surface area (Å²) in [5.74, 6) is 0.0727. The van der Waals surface area contributed by atoms with Gasteiger partial charge in [-0.1, -0.05) is 12.1 Å². The van der Waals surface area contributed by atoms with Crippen molar-refractivity contribution in [3.05, 3.63) is 41.8 Å². The minimum atomic E-state index is 0.0727. The number of aryl methyl sites for hydroxylation is 1. The first-order valence-corrected chi connectivity index (χ1v) is 5.68. The first-order valence-electron chi connectivity index (χ1n) is 4.86. The van der Waals surface area contributed by atoms with Crippen LogP contribution in [0.5, 0.6) is 0 Å². The number of benzene rings is 1. The van der Waals surface area contributed by atoms with Gasteiger partial charge in [0.2, 0.25) is 0 Å². The molecule has 0 saturated carbocycles. The number of nitrogens with zero attached hydrogens (tertiary/aromatic N) is 1. The molecule has 1 heterocycles. The molecule has 2 rings (SSSR count). The molecule has 82 valence electrons. The second kappa shape index (κ2) is 4.53. The first kappa shape index (κ1) is 11.0. The maximum absolute atomic E-state index is 11.1. The summed E-state index contributed by atoms with van der Waals surface area (Å²) < 4.78 is 5.23. The highest BCUT2D eigenvalue weighted by Gasteiger charge is 2.04. The minimum absolute atomic E-state index is 0.0727. The van der Waals surface area contributed by atoms with Crippen LogP contribution in [0.15, 0.2) is 45.1 Å². The summed E-state index contributed by atoms with van der Waals surface area (Å²) in [5, 5.41) is 0.619. The Morgan fingerprint density at radius 1 is 1.31 bits per heavy atom. The molecule has 1 aromatic carbocycles. The zero-order chi connectivity index (χ0) is 11.5. The van der Waals surface area contributed by atoms with Crippen molar-refractivity contribution in [1.82, 2.24) is 4.98 Å². The number of hydrogen-bond acceptors (Lipinski definition) is 4. The molecule has 0 spiro atoms. The second-order valence-corrected chi connectivity index (χ2v) is 4.46. The quantitative estimate of drug-likeness (QED) is 0.762. The van der Waals surface area contributed by atoms with E-state index in [0.29, 0.717) is 10.8 Å². The summed E-state index contributed by atoms with van der Waals surface area (Å²) in [6, 6.07) is 7.39. The lowest BCUT2D eigenvalue weighted by Crippen LogP contribution is -1.90. The van der Waals surface area contributed by atoms with E-state index < -0.39 is 0 Å². The Morgan fingerprint density at radius 2 is 2.00 bits per heavy atom. The van der Waals surface area contributed by atoms with Gasteiger partial charge >= 0.3 is 0 Å². The molecule has 0 amide bonds. The number of carbonyl (C=O) groups excluding carboxylic acids is 1. The van der Waals surface area contributed by atoms with Crippen molar-refractivity contribution in [2.45, 2.75) is 24.0 Å². The van der Waals surface area contributed by atoms with Gasteiger partial charge < -0.3 is 4.42 Å². The Morgan fingerprint density at radius 3 is 2.50 bits per heavy atom. The molecular weight excluding hydrogens is 222 g/mol. The molecule has 2 aromatic rings. The van der Waals surface area contributed by atoms with Crippen molar-refractivity contribution in [2.75, 3.05) is 0 Å². The monoisotopic (exact) mass is 233 g/mol. The fraction of sp³-hybridized carbons (Fsp3) is 0.167. The van der Waals surface area contributed by atoms with Crippen LogP contribution in [-0.2, 0) is 0 Å². The maximum atomic E-state index is 11.1. The molecule has 4 heteroatoms. The lowest BCUT2D eigenvalue weighted by molar-refractivity contribution is 0.101. The molecular formula is C12H11NO2S. The van der Waals surface area contributed by atoms with E-state index in [9.17, 15) is 4.79 Å². The molecule has 0 atom stereocenters. The molecule has 0 saturated heterocycles. The molecule has 0 bridgehead atoms. The zero-order valence-electron chi connectivity index (χ0n) is 9.06. The third kappa shape index (κ3) is 2.52. The fourth-order valence-electron chi connectivity index (χ4n) is 1.24. The fourth-order valence-corrected chi connectivity index (χ4v) is 2.00. The van der Waals surface area contributed by atoms with Crippen LogP contribution in [0, 0.1) is 6.92 Å². The molecule has 16 heavy (non-hydrogen) atoms. The molecule has 0 aliphatic heterocycles. The van der Waals surface area contributed by atoms with Gasteiger partial charge in [-0.05, 0) is 37.7 Å². The largest absolute Gasteiger partial charge is 0.439 e. The van der Waals surface area contributed by atoms with Gasteiger partial charge in [-0.15, -0.1) is 0 Å². The van der Waals surface area contributed by atoms with Crippen LogP contribution in [0.25, 0.3) is 0 Å². The Labute approximate surface area is 97.9 Å². The van der Waals surface area contributed by atoms with E-state index in [1.165, 1.54) is 11.8 Å². The first-order chi connectivity index (χ1) is 7.65. The van der Waals surface area contributed by atoms with Crippen LogP contribution in [0.2, 0.25) is 0 Å². The lowest BCUT2D eigenvalue weighted by atomic mass is 10.2. The number of carbonyl (C=O) groups is 1. The van der Waals surface area contributed by atoms with Crippen molar-refractivity contribution in [1.29, 1.82) is 0 Å². The third-order valence-corrected chi connectivity index (χ3v) is 2.93. The van der Waals surface area contributed by atoms with E-state index >= 15 is 0 Å². The van der Waals surface area contributed by atoms with Crippen molar-refractivity contribution in [3.63, 3.8) is 0 Å². The van der Waals surface area contributed by atoms with Crippen LogP contribution in [-0.4, -0.2) is 10.8 Å². The third-order valence-electron chi connectivity index (χ3n) is 2.06. The molecule has 0 radical (unpaired) electrons. The molecule has 0 aliphatic rings. The molecule has 0 N–H and O–H groups in total. The van der Waals surface area contributed by atoms with Crippen LogP contribution in [0.4, 0.5) is 0 Å². The maximum Gasteiger partial charge on any atom is 0.260 e. The average molecular weight is 233 g/mol. The van der Waals surface area contributed by atoms with Crippen molar-refractivity contribution >= 4 is 17.5 Å². The van der Waals surface area contributed by atoms with E-state index in [1.54, 1.807) is 25.3 Å². The van der Waals surface area contributed by atoms with E-state index in [4.69, 9.17) is 4.42 Å². The zero-order valence-corrected chi connectivity index (χ0v) is 9.88. The van der Waals surface area contributed by atoms with Crippen LogP contribution in [0.1, 0.15) is 23.0 Å². The predicted octanol–water partition coefficient (Wildman–Crippen LogP) is 3.34. The van der Waals surface area contributed by atoms with Gasteiger partial charge in [0.1, 0.15) is 6.26 Å². The molecule has 0 unspecified atom stereocenters. The second-order valence-electron chi connectivity index (χ2n) is 3.44. The Kier molecular flexibility index (Phi) is 3.10. The Bertz CT molecular complexity index is 502. The molecule has 3 nitrogen and oxygen atoms in total. The molecule has 0 fully saturated rings. The summed E-state index contributed by atoms with van der Waals surface area (Å²) in [4.78, 5) is 16.3. The molecule has 0 aliphatic carbocycles. The van der Waals surface area contributed by atoms with Crippen molar-refractivity contribution in [3.8, 4) is 0 Å². The van der Waals surface area contributed by atoms with Crippen molar-refractivity contribution < 1.29 is 9.21 Å². The van der Waals surface area contributed by atoms with E-state index in [2.05, 4.69) is 4.98 Å². The number of hydrogen-bond donors (Lipinski definition) is 0. The van der Waals surface area contributed by atoms with Gasteiger partial charge in [0, 0.05) is 10.5 Å². The number of oxazole rings is 1. The van der Waals surface area contributed by atoms with Crippen LogP contribution in [0.3, 0.4) is 0 Å². The average Bonchev–Trinajstić information content (AvgIpc) is 2.65. The summed E-state index contributed by atoms with van der Waals surface area (Å²) in [7, 11) is 0. The van der Waals surface area contributed by atoms with Gasteiger partial charge in [-0.3, -0.25) is 4.79 Å². The topological polar surface area (TPSA) is 43.1 Å². The molecule has 1 aromatic heterocycles. The van der Waals surface area contributed by atoms with Gasteiger partial charge in [-0.25, -0.2) is 4.98 Å². The van der Waals surface area contributed by atoms with E-state index in [-0.39, 0.29) is 5.78 Å². The summed E-state index contributed by atoms with van der Waals surface area (Å²) in [6.07, 6.45) is 1.62. The summed E-state index contributed by atoms with van der Waals surface area (Å²) >= 11 is 1.44. The predicted molar refractivity (Wildman–Crippen MR) is 61.8 cm³/mol. The highest BCUT2D eigenvalue weighted by atomic mass is 32.2. The minimum Gasteiger partial charge on any atom is -0.439 e. The SMILES string of the molecule is CC(=O)c1ccc(Sc2nc(C)co2)cc1. The van der Waals surface area contributed by atoms with E-state index in [1.807, 2.05) is 19.1 Å². The van der Waals surface area contributed by atoms with Crippen molar-refractivity contribution in [2.24, 2.45) is 0 Å².